The largest absolute Gasteiger partial charge is 0.850 e. The zero-order valence-electron chi connectivity index (χ0n) is 5.41. The number of pyridine rings is 1. The molecule has 1 rings (SSSR count). The van der Waals surface area contributed by atoms with E-state index in [-0.39, 0.29) is 13.2 Å². The maximum absolute atomic E-state index is 10.2. The summed E-state index contributed by atoms with van der Waals surface area (Å²) in [7, 11) is 0. The molecule has 0 aliphatic heterocycles. The van der Waals surface area contributed by atoms with E-state index in [0.717, 1.165) is 0 Å². The molecule has 1 aromatic heterocycles. The molecule has 1 aromatic rings. The molecule has 0 amide bonds. The zero-order chi connectivity index (χ0) is 7.40. The second kappa shape index (κ2) is 3.29. The molecule has 0 aromatic carbocycles. The fourth-order valence-corrected chi connectivity index (χ4v) is 0.690. The van der Waals surface area contributed by atoms with Crippen LogP contribution in [0.25, 0.3) is 0 Å². The third-order valence-electron chi connectivity index (χ3n) is 1.16. The van der Waals surface area contributed by atoms with Crippen molar-refractivity contribution in [2.75, 3.05) is 0 Å². The van der Waals surface area contributed by atoms with Crippen LogP contribution in [0.3, 0.4) is 0 Å². The van der Waals surface area contributed by atoms with Gasteiger partial charge in [-0.15, -0.1) is 0 Å². The highest BCUT2D eigenvalue weighted by molar-refractivity contribution is 5.09. The Bertz CT molecular complexity index is 193. The number of rotatable bonds is 2. The van der Waals surface area contributed by atoms with E-state index in [1.165, 1.54) is 0 Å². The molecule has 54 valence electrons. The van der Waals surface area contributed by atoms with Crippen molar-refractivity contribution >= 4 is 0 Å². The number of hydrogen-bond donors (Lipinski definition) is 0. The molecule has 0 aliphatic carbocycles. The quantitative estimate of drug-likeness (QED) is 0.514. The monoisotopic (exact) mass is 137 g/mol. The maximum atomic E-state index is 10.2. The van der Waals surface area contributed by atoms with Gasteiger partial charge in [0, 0.05) is 11.4 Å². The predicted octanol–water partition coefficient (Wildman–Crippen LogP) is -1.20. The van der Waals surface area contributed by atoms with Gasteiger partial charge in [0.15, 0.2) is 0 Å². The Morgan fingerprint density at radius 3 is 2.00 bits per heavy atom. The van der Waals surface area contributed by atoms with Gasteiger partial charge in [0.25, 0.3) is 0 Å². The van der Waals surface area contributed by atoms with Gasteiger partial charge < -0.3 is 10.2 Å². The third kappa shape index (κ3) is 1.52. The van der Waals surface area contributed by atoms with Crippen molar-refractivity contribution in [2.45, 2.75) is 13.2 Å². The van der Waals surface area contributed by atoms with Crippen molar-refractivity contribution in [1.82, 2.24) is 4.98 Å². The molecule has 0 radical (unpaired) electrons. The van der Waals surface area contributed by atoms with Crippen LogP contribution in [0.15, 0.2) is 18.2 Å². The molecule has 0 N–H and O–H groups in total. The van der Waals surface area contributed by atoms with Crippen LogP contribution in [0.2, 0.25) is 0 Å². The minimum Gasteiger partial charge on any atom is -0.850 e. The molecule has 0 bridgehead atoms. The summed E-state index contributed by atoms with van der Waals surface area (Å²) in [5.74, 6) is 0. The van der Waals surface area contributed by atoms with Crippen molar-refractivity contribution in [3.05, 3.63) is 29.6 Å². The van der Waals surface area contributed by atoms with Gasteiger partial charge in [-0.25, -0.2) is 0 Å². The second-order valence-corrected chi connectivity index (χ2v) is 1.91. The van der Waals surface area contributed by atoms with Gasteiger partial charge in [0.05, 0.1) is 0 Å². The Labute approximate surface area is 59.0 Å². The van der Waals surface area contributed by atoms with E-state index in [1.54, 1.807) is 18.2 Å². The van der Waals surface area contributed by atoms with Crippen molar-refractivity contribution in [3.8, 4) is 0 Å². The Morgan fingerprint density at radius 2 is 1.60 bits per heavy atom. The first-order valence-corrected chi connectivity index (χ1v) is 2.98. The standard InChI is InChI=1S/C7H7NO2/c9-4-6-2-1-3-7(5-10)8-6/h1-3H,4-5H2/q-2. The highest BCUT2D eigenvalue weighted by atomic mass is 16.3. The SMILES string of the molecule is [O-]Cc1cccc(C[O-])n1. The first-order chi connectivity index (χ1) is 4.86. The lowest BCUT2D eigenvalue weighted by Gasteiger charge is -2.07. The van der Waals surface area contributed by atoms with Crippen LogP contribution in [0, 0.1) is 0 Å². The van der Waals surface area contributed by atoms with Crippen molar-refractivity contribution < 1.29 is 10.2 Å². The molecule has 1 heterocycles. The Morgan fingerprint density at radius 1 is 1.10 bits per heavy atom. The lowest BCUT2D eigenvalue weighted by atomic mass is 10.3. The molecule has 3 nitrogen and oxygen atoms in total. The summed E-state index contributed by atoms with van der Waals surface area (Å²) < 4.78 is 0. The summed E-state index contributed by atoms with van der Waals surface area (Å²) in [6.45, 7) is -0.707. The van der Waals surface area contributed by atoms with Crippen LogP contribution >= 0.6 is 0 Å². The van der Waals surface area contributed by atoms with Crippen molar-refractivity contribution in [3.63, 3.8) is 0 Å². The molecule has 0 saturated carbocycles. The smallest absolute Gasteiger partial charge is 0.0240 e. The molecule has 0 spiro atoms. The minimum absolute atomic E-state index is 0.353. The highest BCUT2D eigenvalue weighted by Gasteiger charge is 1.86. The second-order valence-electron chi connectivity index (χ2n) is 1.91. The Kier molecular flexibility index (Phi) is 2.36. The predicted molar refractivity (Wildman–Crippen MR) is 31.6 cm³/mol. The van der Waals surface area contributed by atoms with E-state index in [2.05, 4.69) is 4.98 Å². The van der Waals surface area contributed by atoms with E-state index in [1.807, 2.05) is 0 Å². The Balaban J connectivity index is 2.87. The molecule has 10 heavy (non-hydrogen) atoms. The molecule has 0 atom stereocenters. The fraction of sp³-hybridized carbons (Fsp3) is 0.286. The number of nitrogens with zero attached hydrogens (tertiary/aromatic N) is 1. The normalized spacial score (nSPS) is 9.80. The number of hydrogen-bond acceptors (Lipinski definition) is 3. The lowest BCUT2D eigenvalue weighted by molar-refractivity contribution is -0.389. The van der Waals surface area contributed by atoms with Crippen molar-refractivity contribution in [1.29, 1.82) is 0 Å². The van der Waals surface area contributed by atoms with Crippen LogP contribution in [-0.4, -0.2) is 4.98 Å². The van der Waals surface area contributed by atoms with E-state index in [0.29, 0.717) is 11.4 Å². The Hall–Kier alpha value is -0.930. The molecule has 0 saturated heterocycles. The summed E-state index contributed by atoms with van der Waals surface area (Å²) in [5, 5.41) is 20.5. The van der Waals surface area contributed by atoms with Gasteiger partial charge in [-0.3, -0.25) is 4.98 Å². The van der Waals surface area contributed by atoms with Crippen LogP contribution < -0.4 is 10.2 Å². The van der Waals surface area contributed by atoms with E-state index in [4.69, 9.17) is 0 Å². The lowest BCUT2D eigenvalue weighted by Crippen LogP contribution is -2.09. The van der Waals surface area contributed by atoms with E-state index >= 15 is 0 Å². The van der Waals surface area contributed by atoms with Crippen molar-refractivity contribution in [2.24, 2.45) is 0 Å². The van der Waals surface area contributed by atoms with Gasteiger partial charge in [-0.1, -0.05) is 19.3 Å². The first kappa shape index (κ1) is 7.18. The molecular formula is C7H7NO2-2. The van der Waals surface area contributed by atoms with Crippen LogP contribution in [0.4, 0.5) is 0 Å². The van der Waals surface area contributed by atoms with E-state index < -0.39 is 0 Å². The first-order valence-electron chi connectivity index (χ1n) is 2.98. The maximum Gasteiger partial charge on any atom is 0.0240 e. The summed E-state index contributed by atoms with van der Waals surface area (Å²) >= 11 is 0. The summed E-state index contributed by atoms with van der Waals surface area (Å²) in [6.07, 6.45) is 0. The van der Waals surface area contributed by atoms with Gasteiger partial charge in [0.1, 0.15) is 0 Å². The summed E-state index contributed by atoms with van der Waals surface area (Å²) in [5.41, 5.74) is 0.877. The van der Waals surface area contributed by atoms with Crippen LogP contribution in [0.5, 0.6) is 0 Å². The van der Waals surface area contributed by atoms with Crippen LogP contribution in [-0.2, 0) is 13.2 Å². The molecule has 0 aliphatic rings. The molecule has 0 fully saturated rings. The summed E-state index contributed by atoms with van der Waals surface area (Å²) in [4.78, 5) is 3.78. The molecule has 0 unspecified atom stereocenters. The van der Waals surface area contributed by atoms with Crippen LogP contribution in [0.1, 0.15) is 11.4 Å². The highest BCUT2D eigenvalue weighted by Crippen LogP contribution is 1.96. The number of aromatic nitrogens is 1. The molecular weight excluding hydrogens is 130 g/mol. The average Bonchev–Trinajstić information content (AvgIpc) is 2.05. The topological polar surface area (TPSA) is 59.0 Å². The van der Waals surface area contributed by atoms with Gasteiger partial charge >= 0.3 is 0 Å². The average molecular weight is 137 g/mol. The zero-order valence-corrected chi connectivity index (χ0v) is 5.41. The fourth-order valence-electron chi connectivity index (χ4n) is 0.690. The van der Waals surface area contributed by atoms with Gasteiger partial charge in [-0.05, 0) is 12.1 Å². The van der Waals surface area contributed by atoms with Gasteiger partial charge in [0.2, 0.25) is 0 Å². The minimum atomic E-state index is -0.353. The van der Waals surface area contributed by atoms with E-state index in [9.17, 15) is 10.2 Å². The third-order valence-corrected chi connectivity index (χ3v) is 1.16. The molecule has 3 heteroatoms. The summed E-state index contributed by atoms with van der Waals surface area (Å²) in [6, 6.07) is 4.91. The van der Waals surface area contributed by atoms with Gasteiger partial charge in [-0.2, -0.15) is 0 Å².